The number of pyridine rings is 1. The highest BCUT2D eigenvalue weighted by Crippen LogP contribution is 2.12. The van der Waals surface area contributed by atoms with Crippen molar-refractivity contribution in [1.29, 1.82) is 0 Å². The highest BCUT2D eigenvalue weighted by molar-refractivity contribution is 5.95. The monoisotopic (exact) mass is 238 g/mol. The Labute approximate surface area is 98.7 Å². The number of hydrogen-bond acceptors (Lipinski definition) is 6. The first kappa shape index (κ1) is 13.0. The third-order valence-corrected chi connectivity index (χ3v) is 1.88. The molecule has 0 atom stereocenters. The van der Waals surface area contributed by atoms with Crippen molar-refractivity contribution in [3.63, 3.8) is 0 Å². The average molecular weight is 238 g/mol. The molecule has 92 valence electrons. The molecule has 1 aromatic heterocycles. The van der Waals surface area contributed by atoms with E-state index in [1.807, 2.05) is 0 Å². The lowest BCUT2D eigenvalue weighted by Crippen LogP contribution is -2.14. The van der Waals surface area contributed by atoms with E-state index in [1.54, 1.807) is 13.8 Å². The molecule has 2 N–H and O–H groups in total. The summed E-state index contributed by atoms with van der Waals surface area (Å²) in [6, 6.07) is 2.82. The van der Waals surface area contributed by atoms with Crippen LogP contribution in [0.5, 0.6) is 0 Å². The van der Waals surface area contributed by atoms with Crippen molar-refractivity contribution >= 4 is 17.6 Å². The Morgan fingerprint density at radius 2 is 1.76 bits per heavy atom. The third-order valence-electron chi connectivity index (χ3n) is 1.88. The van der Waals surface area contributed by atoms with E-state index >= 15 is 0 Å². The van der Waals surface area contributed by atoms with Crippen LogP contribution in [0.4, 0.5) is 5.69 Å². The second-order valence-electron chi connectivity index (χ2n) is 3.08. The fourth-order valence-corrected chi connectivity index (χ4v) is 1.15. The predicted octanol–water partition coefficient (Wildman–Crippen LogP) is 1.02. The van der Waals surface area contributed by atoms with Crippen molar-refractivity contribution in [3.8, 4) is 0 Å². The van der Waals surface area contributed by atoms with Crippen molar-refractivity contribution in [2.45, 2.75) is 13.8 Å². The molecule has 0 bridgehead atoms. The van der Waals surface area contributed by atoms with Crippen molar-refractivity contribution < 1.29 is 19.1 Å². The molecule has 0 aliphatic heterocycles. The molecule has 1 rings (SSSR count). The van der Waals surface area contributed by atoms with Gasteiger partial charge in [-0.15, -0.1) is 0 Å². The predicted molar refractivity (Wildman–Crippen MR) is 60.6 cm³/mol. The SMILES string of the molecule is CCOC(=O)c1ccc(N)c(C(=O)OCC)n1. The van der Waals surface area contributed by atoms with Gasteiger partial charge in [-0.25, -0.2) is 14.6 Å². The van der Waals surface area contributed by atoms with E-state index in [9.17, 15) is 9.59 Å². The molecule has 0 amide bonds. The molecule has 0 aromatic carbocycles. The number of nitrogen functional groups attached to an aromatic ring is 1. The number of esters is 2. The molecule has 0 radical (unpaired) electrons. The number of carbonyl (C=O) groups excluding carboxylic acids is 2. The highest BCUT2D eigenvalue weighted by Gasteiger charge is 2.17. The van der Waals surface area contributed by atoms with Gasteiger partial charge in [-0.05, 0) is 26.0 Å². The number of carbonyl (C=O) groups is 2. The van der Waals surface area contributed by atoms with Gasteiger partial charge in [0.2, 0.25) is 0 Å². The van der Waals surface area contributed by atoms with Crippen molar-refractivity contribution in [2.75, 3.05) is 18.9 Å². The first-order chi connectivity index (χ1) is 8.10. The fourth-order valence-electron chi connectivity index (χ4n) is 1.15. The fraction of sp³-hybridized carbons (Fsp3) is 0.364. The van der Waals surface area contributed by atoms with E-state index in [4.69, 9.17) is 15.2 Å². The molecule has 0 fully saturated rings. The summed E-state index contributed by atoms with van der Waals surface area (Å²) in [6.07, 6.45) is 0. The molecule has 0 aliphatic carbocycles. The minimum absolute atomic E-state index is 0.0316. The molecule has 0 spiro atoms. The van der Waals surface area contributed by atoms with Crippen LogP contribution in [-0.4, -0.2) is 30.1 Å². The van der Waals surface area contributed by atoms with Gasteiger partial charge in [-0.3, -0.25) is 0 Å². The van der Waals surface area contributed by atoms with Gasteiger partial charge in [0.15, 0.2) is 5.69 Å². The van der Waals surface area contributed by atoms with Gasteiger partial charge in [0, 0.05) is 0 Å². The summed E-state index contributed by atoms with van der Waals surface area (Å²) < 4.78 is 9.54. The normalized spacial score (nSPS) is 9.76. The number of rotatable bonds is 4. The Bertz CT molecular complexity index is 431. The first-order valence-electron chi connectivity index (χ1n) is 5.20. The maximum absolute atomic E-state index is 11.5. The number of hydrogen-bond donors (Lipinski definition) is 1. The third kappa shape index (κ3) is 3.17. The quantitative estimate of drug-likeness (QED) is 0.787. The molecule has 6 nitrogen and oxygen atoms in total. The maximum atomic E-state index is 11.5. The Morgan fingerprint density at radius 3 is 2.35 bits per heavy atom. The molecule has 0 saturated heterocycles. The smallest absolute Gasteiger partial charge is 0.359 e. The summed E-state index contributed by atoms with van der Waals surface area (Å²) in [4.78, 5) is 26.7. The van der Waals surface area contributed by atoms with Crippen molar-refractivity contribution in [3.05, 3.63) is 23.5 Å². The van der Waals surface area contributed by atoms with Crippen LogP contribution in [-0.2, 0) is 9.47 Å². The molecule has 0 aliphatic rings. The van der Waals surface area contributed by atoms with Gasteiger partial charge < -0.3 is 15.2 Å². The summed E-state index contributed by atoms with van der Waals surface area (Å²) in [5.74, 6) is -1.26. The zero-order valence-electron chi connectivity index (χ0n) is 9.73. The largest absolute Gasteiger partial charge is 0.461 e. The Hall–Kier alpha value is -2.11. The maximum Gasteiger partial charge on any atom is 0.359 e. The van der Waals surface area contributed by atoms with Crippen LogP contribution in [0.15, 0.2) is 12.1 Å². The number of nitrogens with two attached hydrogens (primary N) is 1. The van der Waals surface area contributed by atoms with Crippen LogP contribution in [0.3, 0.4) is 0 Å². The van der Waals surface area contributed by atoms with Crippen LogP contribution in [0.1, 0.15) is 34.8 Å². The summed E-state index contributed by atoms with van der Waals surface area (Å²) >= 11 is 0. The Kier molecular flexibility index (Phi) is 4.45. The zero-order chi connectivity index (χ0) is 12.8. The molecular formula is C11H14N2O4. The van der Waals surface area contributed by atoms with E-state index in [-0.39, 0.29) is 30.3 Å². The molecule has 17 heavy (non-hydrogen) atoms. The summed E-state index contributed by atoms with van der Waals surface area (Å²) in [7, 11) is 0. The average Bonchev–Trinajstić information content (AvgIpc) is 2.30. The molecule has 1 aromatic rings. The van der Waals surface area contributed by atoms with Crippen LogP contribution >= 0.6 is 0 Å². The van der Waals surface area contributed by atoms with Crippen LogP contribution in [0.2, 0.25) is 0 Å². The van der Waals surface area contributed by atoms with Crippen LogP contribution in [0, 0.1) is 0 Å². The second kappa shape index (κ2) is 5.83. The van der Waals surface area contributed by atoms with Crippen molar-refractivity contribution in [2.24, 2.45) is 0 Å². The summed E-state index contributed by atoms with van der Waals surface area (Å²) in [5, 5.41) is 0. The van der Waals surface area contributed by atoms with E-state index in [2.05, 4.69) is 4.98 Å². The van der Waals surface area contributed by atoms with Gasteiger partial charge in [0.25, 0.3) is 0 Å². The molecule has 6 heteroatoms. The van der Waals surface area contributed by atoms with E-state index in [1.165, 1.54) is 12.1 Å². The number of nitrogens with zero attached hydrogens (tertiary/aromatic N) is 1. The Balaban J connectivity index is 3.02. The minimum Gasteiger partial charge on any atom is -0.461 e. The van der Waals surface area contributed by atoms with Crippen LogP contribution < -0.4 is 5.73 Å². The topological polar surface area (TPSA) is 91.5 Å². The minimum atomic E-state index is -0.656. The number of ether oxygens (including phenoxy) is 2. The van der Waals surface area contributed by atoms with Crippen LogP contribution in [0.25, 0.3) is 0 Å². The zero-order valence-corrected chi connectivity index (χ0v) is 9.73. The second-order valence-corrected chi connectivity index (χ2v) is 3.08. The lowest BCUT2D eigenvalue weighted by atomic mass is 10.2. The van der Waals surface area contributed by atoms with Gasteiger partial charge in [-0.2, -0.15) is 0 Å². The molecule has 0 saturated carbocycles. The lowest BCUT2D eigenvalue weighted by molar-refractivity contribution is 0.0512. The Morgan fingerprint density at radius 1 is 1.18 bits per heavy atom. The van der Waals surface area contributed by atoms with E-state index in [0.717, 1.165) is 0 Å². The number of aromatic nitrogens is 1. The lowest BCUT2D eigenvalue weighted by Gasteiger charge is -2.06. The van der Waals surface area contributed by atoms with Gasteiger partial charge >= 0.3 is 11.9 Å². The van der Waals surface area contributed by atoms with Crippen molar-refractivity contribution in [1.82, 2.24) is 4.98 Å². The standard InChI is InChI=1S/C11H14N2O4/c1-3-16-10(14)8-6-5-7(12)9(13-8)11(15)17-4-2/h5-6H,3-4,12H2,1-2H3. The van der Waals surface area contributed by atoms with Gasteiger partial charge in [-0.1, -0.05) is 0 Å². The summed E-state index contributed by atoms with van der Waals surface area (Å²) in [6.45, 7) is 3.80. The molecular weight excluding hydrogens is 224 g/mol. The van der Waals surface area contributed by atoms with E-state index in [0.29, 0.717) is 0 Å². The molecule has 0 unspecified atom stereocenters. The summed E-state index contributed by atoms with van der Waals surface area (Å²) in [5.41, 5.74) is 5.70. The van der Waals surface area contributed by atoms with E-state index < -0.39 is 11.9 Å². The first-order valence-corrected chi connectivity index (χ1v) is 5.20. The highest BCUT2D eigenvalue weighted by atomic mass is 16.5. The molecule has 1 heterocycles. The van der Waals surface area contributed by atoms with Gasteiger partial charge in [0.1, 0.15) is 5.69 Å². The van der Waals surface area contributed by atoms with Gasteiger partial charge in [0.05, 0.1) is 18.9 Å². The number of anilines is 1.